The highest BCUT2D eigenvalue weighted by atomic mass is 32.1. The van der Waals surface area contributed by atoms with Gasteiger partial charge < -0.3 is 15.5 Å². The molecule has 2 heterocycles. The minimum Gasteiger partial charge on any atom is -0.481 e. The molecule has 0 spiro atoms. The highest BCUT2D eigenvalue weighted by molar-refractivity contribution is 7.20. The van der Waals surface area contributed by atoms with E-state index in [2.05, 4.69) is 10.3 Å². The van der Waals surface area contributed by atoms with Crippen LogP contribution in [0.1, 0.15) is 16.9 Å². The van der Waals surface area contributed by atoms with Crippen LogP contribution in [0, 0.1) is 0 Å². The molecule has 0 saturated heterocycles. The van der Waals surface area contributed by atoms with E-state index in [0.29, 0.717) is 5.01 Å². The first-order valence-electron chi connectivity index (χ1n) is 5.72. The maximum absolute atomic E-state index is 11.9. The number of aliphatic carboxylic acids is 2. The minimum atomic E-state index is -1.48. The maximum Gasteiger partial charge on any atom is 0.326 e. The number of thiophene rings is 1. The third-order valence-electron chi connectivity index (χ3n) is 2.45. The summed E-state index contributed by atoms with van der Waals surface area (Å²) in [5, 5.41) is 23.7. The maximum atomic E-state index is 11.9. The Morgan fingerprint density at radius 3 is 2.62 bits per heavy atom. The Bertz CT molecular complexity index is 665. The number of hydrogen-bond acceptors (Lipinski definition) is 6. The molecule has 7 nitrogen and oxygen atoms in total. The van der Waals surface area contributed by atoms with E-state index in [0.717, 1.165) is 4.88 Å². The van der Waals surface area contributed by atoms with Crippen molar-refractivity contribution in [1.29, 1.82) is 0 Å². The molecule has 2 rings (SSSR count). The van der Waals surface area contributed by atoms with Gasteiger partial charge in [-0.2, -0.15) is 0 Å². The second-order valence-electron chi connectivity index (χ2n) is 3.98. The molecule has 1 amide bonds. The normalized spacial score (nSPS) is 11.8. The molecule has 0 aliphatic carbocycles. The smallest absolute Gasteiger partial charge is 0.326 e. The lowest BCUT2D eigenvalue weighted by molar-refractivity contribution is -0.145. The van der Waals surface area contributed by atoms with Gasteiger partial charge in [-0.25, -0.2) is 9.78 Å². The summed E-state index contributed by atoms with van der Waals surface area (Å²) in [6, 6.07) is 2.23. The summed E-state index contributed by atoms with van der Waals surface area (Å²) in [5.41, 5.74) is 0.0695. The second kappa shape index (κ2) is 6.46. The molecule has 21 heavy (non-hydrogen) atoms. The largest absolute Gasteiger partial charge is 0.481 e. The van der Waals surface area contributed by atoms with Crippen molar-refractivity contribution >= 4 is 40.5 Å². The SMILES string of the molecule is O=C(O)CC(NC(=O)c1csc(-c2cccs2)n1)C(=O)O. The van der Waals surface area contributed by atoms with Crippen LogP contribution in [0.15, 0.2) is 22.9 Å². The van der Waals surface area contributed by atoms with Gasteiger partial charge in [0.25, 0.3) is 5.91 Å². The average Bonchev–Trinajstić information content (AvgIpc) is 3.08. The first kappa shape index (κ1) is 15.1. The molecule has 0 bridgehead atoms. The van der Waals surface area contributed by atoms with Crippen LogP contribution in [-0.4, -0.2) is 39.1 Å². The van der Waals surface area contributed by atoms with Gasteiger partial charge in [0.05, 0.1) is 11.3 Å². The van der Waals surface area contributed by atoms with Crippen molar-refractivity contribution in [1.82, 2.24) is 10.3 Å². The second-order valence-corrected chi connectivity index (χ2v) is 5.78. The third kappa shape index (κ3) is 3.86. The van der Waals surface area contributed by atoms with Crippen LogP contribution in [0.25, 0.3) is 9.88 Å². The molecule has 2 aromatic heterocycles. The van der Waals surface area contributed by atoms with Crippen LogP contribution in [-0.2, 0) is 9.59 Å². The number of nitrogens with one attached hydrogen (secondary N) is 1. The number of carbonyl (C=O) groups is 3. The Balaban J connectivity index is 2.09. The zero-order valence-corrected chi connectivity index (χ0v) is 12.1. The predicted molar refractivity (Wildman–Crippen MR) is 76.6 cm³/mol. The first-order valence-corrected chi connectivity index (χ1v) is 7.48. The summed E-state index contributed by atoms with van der Waals surface area (Å²) in [5.74, 6) is -3.41. The Labute approximate surface area is 126 Å². The van der Waals surface area contributed by atoms with E-state index in [1.54, 1.807) is 0 Å². The van der Waals surface area contributed by atoms with Crippen molar-refractivity contribution in [2.45, 2.75) is 12.5 Å². The zero-order chi connectivity index (χ0) is 15.4. The fourth-order valence-electron chi connectivity index (χ4n) is 1.50. The van der Waals surface area contributed by atoms with Gasteiger partial charge in [-0.1, -0.05) is 6.07 Å². The first-order chi connectivity index (χ1) is 9.97. The van der Waals surface area contributed by atoms with Crippen LogP contribution in [0.5, 0.6) is 0 Å². The number of nitrogens with zero attached hydrogens (tertiary/aromatic N) is 1. The van der Waals surface area contributed by atoms with Crippen LogP contribution < -0.4 is 5.32 Å². The summed E-state index contributed by atoms with van der Waals surface area (Å²) < 4.78 is 0. The summed E-state index contributed by atoms with van der Waals surface area (Å²) in [4.78, 5) is 38.4. The lowest BCUT2D eigenvalue weighted by atomic mass is 10.2. The van der Waals surface area contributed by atoms with E-state index in [9.17, 15) is 14.4 Å². The molecule has 0 aromatic carbocycles. The number of amides is 1. The van der Waals surface area contributed by atoms with Crippen LogP contribution >= 0.6 is 22.7 Å². The van der Waals surface area contributed by atoms with E-state index in [1.165, 1.54) is 28.1 Å². The number of thiazole rings is 1. The van der Waals surface area contributed by atoms with Crippen molar-refractivity contribution in [2.75, 3.05) is 0 Å². The Morgan fingerprint density at radius 1 is 1.29 bits per heavy atom. The molecule has 9 heteroatoms. The summed E-state index contributed by atoms with van der Waals surface area (Å²) in [6.07, 6.45) is -0.691. The van der Waals surface area contributed by atoms with Gasteiger partial charge in [-0.05, 0) is 11.4 Å². The van der Waals surface area contributed by atoms with Gasteiger partial charge in [0.15, 0.2) is 0 Å². The monoisotopic (exact) mass is 326 g/mol. The third-order valence-corrected chi connectivity index (χ3v) is 4.33. The number of rotatable bonds is 6. The molecule has 0 saturated carbocycles. The van der Waals surface area contributed by atoms with Gasteiger partial charge in [-0.3, -0.25) is 9.59 Å². The van der Waals surface area contributed by atoms with Crippen molar-refractivity contribution in [3.8, 4) is 9.88 Å². The minimum absolute atomic E-state index is 0.0695. The van der Waals surface area contributed by atoms with Crippen LogP contribution in [0.4, 0.5) is 0 Å². The Morgan fingerprint density at radius 2 is 2.05 bits per heavy atom. The Kier molecular flexibility index (Phi) is 4.66. The number of carboxylic acid groups (broad SMARTS) is 2. The molecular formula is C12H10N2O5S2. The van der Waals surface area contributed by atoms with Gasteiger partial charge in [0, 0.05) is 5.38 Å². The van der Waals surface area contributed by atoms with Gasteiger partial charge in [0.2, 0.25) is 0 Å². The Hall–Kier alpha value is -2.26. The number of hydrogen-bond donors (Lipinski definition) is 3. The van der Waals surface area contributed by atoms with Gasteiger partial charge in [0.1, 0.15) is 16.7 Å². The fourth-order valence-corrected chi connectivity index (χ4v) is 3.11. The standard InChI is InChI=1S/C12H10N2O5S2/c15-9(16)4-6(12(18)19)13-10(17)7-5-21-11(14-7)8-2-1-3-20-8/h1-3,5-6H,4H2,(H,13,17)(H,15,16)(H,18,19). The van der Waals surface area contributed by atoms with Gasteiger partial charge in [-0.15, -0.1) is 22.7 Å². The van der Waals surface area contributed by atoms with Crippen molar-refractivity contribution in [3.63, 3.8) is 0 Å². The van der Waals surface area contributed by atoms with E-state index in [1.807, 2.05) is 17.5 Å². The number of aromatic nitrogens is 1. The number of carboxylic acids is 2. The number of carbonyl (C=O) groups excluding carboxylic acids is 1. The topological polar surface area (TPSA) is 117 Å². The van der Waals surface area contributed by atoms with E-state index in [4.69, 9.17) is 10.2 Å². The summed E-state index contributed by atoms with van der Waals surface area (Å²) >= 11 is 2.73. The molecule has 0 aliphatic heterocycles. The van der Waals surface area contributed by atoms with E-state index < -0.39 is 30.3 Å². The fraction of sp³-hybridized carbons (Fsp3) is 0.167. The highest BCUT2D eigenvalue weighted by Gasteiger charge is 2.24. The predicted octanol–water partition coefficient (Wildman–Crippen LogP) is 1.53. The van der Waals surface area contributed by atoms with Crippen molar-refractivity contribution in [3.05, 3.63) is 28.6 Å². The molecule has 0 radical (unpaired) electrons. The molecule has 1 unspecified atom stereocenters. The molecule has 1 atom stereocenters. The lowest BCUT2D eigenvalue weighted by Gasteiger charge is -2.10. The van der Waals surface area contributed by atoms with E-state index in [-0.39, 0.29) is 5.69 Å². The molecule has 0 aliphatic rings. The molecule has 2 aromatic rings. The van der Waals surface area contributed by atoms with Crippen LogP contribution in [0.2, 0.25) is 0 Å². The molecular weight excluding hydrogens is 316 g/mol. The molecule has 110 valence electrons. The highest BCUT2D eigenvalue weighted by Crippen LogP contribution is 2.27. The summed E-state index contributed by atoms with van der Waals surface area (Å²) in [7, 11) is 0. The van der Waals surface area contributed by atoms with Crippen LogP contribution in [0.3, 0.4) is 0 Å². The van der Waals surface area contributed by atoms with Crippen molar-refractivity contribution in [2.24, 2.45) is 0 Å². The van der Waals surface area contributed by atoms with Gasteiger partial charge >= 0.3 is 11.9 Å². The molecule has 3 N–H and O–H groups in total. The van der Waals surface area contributed by atoms with E-state index >= 15 is 0 Å². The summed E-state index contributed by atoms with van der Waals surface area (Å²) in [6.45, 7) is 0. The lowest BCUT2D eigenvalue weighted by Crippen LogP contribution is -2.42. The zero-order valence-electron chi connectivity index (χ0n) is 10.5. The quantitative estimate of drug-likeness (QED) is 0.741. The van der Waals surface area contributed by atoms with Crippen molar-refractivity contribution < 1.29 is 24.6 Å². The molecule has 0 fully saturated rings. The average molecular weight is 326 g/mol.